The summed E-state index contributed by atoms with van der Waals surface area (Å²) < 4.78 is 0. The first-order valence-corrected chi connectivity index (χ1v) is 18.7. The quantitative estimate of drug-likeness (QED) is 0.0153. The van der Waals surface area contributed by atoms with E-state index >= 15 is 0 Å². The maximum Gasteiger partial charge on any atom is 0.326 e. The van der Waals surface area contributed by atoms with Gasteiger partial charge in [0, 0.05) is 18.8 Å². The van der Waals surface area contributed by atoms with Gasteiger partial charge in [-0.15, -0.1) is 0 Å². The van der Waals surface area contributed by atoms with Crippen LogP contribution in [0.3, 0.4) is 0 Å². The maximum absolute atomic E-state index is 13.5. The Hall–Kier alpha value is -4.06. The summed E-state index contributed by atoms with van der Waals surface area (Å²) in [6, 6.07) is -7.52. The summed E-state index contributed by atoms with van der Waals surface area (Å²) in [5, 5.41) is 31.7. The van der Waals surface area contributed by atoms with Gasteiger partial charge < -0.3 is 71.2 Å². The molecule has 5 amide bonds. The van der Waals surface area contributed by atoms with Crippen molar-refractivity contribution in [3.63, 3.8) is 0 Å². The molecule has 19 N–H and O–H groups in total. The number of amides is 5. The van der Waals surface area contributed by atoms with Crippen molar-refractivity contribution in [3.05, 3.63) is 0 Å². The molecule has 21 nitrogen and oxygen atoms in total. The number of hydrogen-bond acceptors (Lipinski definition) is 13. The Morgan fingerprint density at radius 1 is 0.654 bits per heavy atom. The highest BCUT2D eigenvalue weighted by molar-refractivity contribution is 7.98. The summed E-state index contributed by atoms with van der Waals surface area (Å²) in [7, 11) is 0. The molecule has 0 rings (SSSR count). The van der Waals surface area contributed by atoms with Gasteiger partial charge in [-0.1, -0.05) is 0 Å². The number of aliphatic imine (C=N–C) groups is 2. The molecule has 0 saturated heterocycles. The third kappa shape index (κ3) is 20.7. The van der Waals surface area contributed by atoms with E-state index in [1.807, 2.05) is 0 Å². The molecule has 6 atom stereocenters. The number of nitrogens with zero attached hydrogens (tertiary/aromatic N) is 2. The molecular formula is C29H57N13O8S2. The van der Waals surface area contributed by atoms with E-state index in [-0.39, 0.29) is 62.9 Å². The largest absolute Gasteiger partial charge is 0.480 e. The average molecular weight is 780 g/mol. The first kappa shape index (κ1) is 47.9. The lowest BCUT2D eigenvalue weighted by Crippen LogP contribution is -2.60. The summed E-state index contributed by atoms with van der Waals surface area (Å²) in [4.78, 5) is 85.0. The lowest BCUT2D eigenvalue weighted by atomic mass is 10.0. The number of carboxylic acid groups (broad SMARTS) is 1. The number of thiol groups is 1. The minimum Gasteiger partial charge on any atom is -0.480 e. The predicted molar refractivity (Wildman–Crippen MR) is 202 cm³/mol. The minimum atomic E-state index is -1.57. The van der Waals surface area contributed by atoms with E-state index in [4.69, 9.17) is 34.4 Å². The number of carboxylic acids is 1. The smallest absolute Gasteiger partial charge is 0.326 e. The fraction of sp³-hybridized carbons (Fsp3) is 0.724. The molecule has 0 unspecified atom stereocenters. The van der Waals surface area contributed by atoms with Crippen molar-refractivity contribution in [1.29, 1.82) is 0 Å². The van der Waals surface area contributed by atoms with Crippen LogP contribution in [0.15, 0.2) is 9.98 Å². The van der Waals surface area contributed by atoms with Crippen LogP contribution in [0, 0.1) is 0 Å². The second-order valence-electron chi connectivity index (χ2n) is 11.6. The molecule has 23 heteroatoms. The molecular weight excluding hydrogens is 723 g/mol. The highest BCUT2D eigenvalue weighted by Gasteiger charge is 2.32. The van der Waals surface area contributed by atoms with Crippen LogP contribution >= 0.6 is 24.4 Å². The van der Waals surface area contributed by atoms with E-state index in [0.29, 0.717) is 31.6 Å². The van der Waals surface area contributed by atoms with E-state index in [0.717, 1.165) is 0 Å². The number of carbonyl (C=O) groups is 6. The molecule has 0 aromatic heterocycles. The van der Waals surface area contributed by atoms with Gasteiger partial charge in [-0.05, 0) is 69.9 Å². The third-order valence-corrected chi connectivity index (χ3v) is 8.33. The number of nitrogens with two attached hydrogens (primary N) is 6. The second kappa shape index (κ2) is 27.6. The number of guanidine groups is 2. The molecule has 0 aromatic rings. The van der Waals surface area contributed by atoms with Gasteiger partial charge in [0.05, 0.1) is 12.6 Å². The summed E-state index contributed by atoms with van der Waals surface area (Å²) in [5.41, 5.74) is 33.0. The van der Waals surface area contributed by atoms with Crippen molar-refractivity contribution in [2.24, 2.45) is 44.4 Å². The summed E-state index contributed by atoms with van der Waals surface area (Å²) >= 11 is 5.47. The number of nitrogens with one attached hydrogen (secondary N) is 5. The molecule has 0 aliphatic rings. The Bertz CT molecular complexity index is 1210. The lowest BCUT2D eigenvalue weighted by Gasteiger charge is -2.26. The number of aliphatic hydroxyl groups excluding tert-OH is 1. The van der Waals surface area contributed by atoms with Crippen molar-refractivity contribution < 1.29 is 39.0 Å². The molecule has 298 valence electrons. The molecule has 0 aromatic carbocycles. The van der Waals surface area contributed by atoms with Crippen molar-refractivity contribution in [1.82, 2.24) is 26.6 Å². The molecule has 0 saturated carbocycles. The fourth-order valence-corrected chi connectivity index (χ4v) is 5.16. The Morgan fingerprint density at radius 3 is 1.58 bits per heavy atom. The van der Waals surface area contributed by atoms with Crippen molar-refractivity contribution in [2.45, 2.75) is 87.6 Å². The van der Waals surface area contributed by atoms with Gasteiger partial charge in [0.15, 0.2) is 11.9 Å². The molecule has 0 spiro atoms. The van der Waals surface area contributed by atoms with Crippen LogP contribution in [-0.2, 0) is 28.8 Å². The zero-order valence-electron chi connectivity index (χ0n) is 29.4. The van der Waals surface area contributed by atoms with Crippen molar-refractivity contribution >= 4 is 71.8 Å². The maximum atomic E-state index is 13.5. The number of thioether (sulfide) groups is 1. The van der Waals surface area contributed by atoms with E-state index in [9.17, 15) is 39.0 Å². The first-order chi connectivity index (χ1) is 24.6. The predicted octanol–water partition coefficient (Wildman–Crippen LogP) is -5.27. The number of unbranched alkanes of at least 4 members (excludes halogenated alkanes) is 1. The van der Waals surface area contributed by atoms with Crippen LogP contribution < -0.4 is 61.0 Å². The first-order valence-electron chi connectivity index (χ1n) is 16.6. The normalized spacial score (nSPS) is 14.2. The van der Waals surface area contributed by atoms with E-state index in [2.05, 4.69) is 49.2 Å². The summed E-state index contributed by atoms with van der Waals surface area (Å²) in [6.07, 6.45) is 3.77. The summed E-state index contributed by atoms with van der Waals surface area (Å²) in [6.45, 7) is -0.218. The molecule has 0 radical (unpaired) electrons. The molecule has 52 heavy (non-hydrogen) atoms. The van der Waals surface area contributed by atoms with Crippen LogP contribution in [0.4, 0.5) is 0 Å². The summed E-state index contributed by atoms with van der Waals surface area (Å²) in [5.74, 6) is -5.33. The van der Waals surface area contributed by atoms with Gasteiger partial charge in [0.25, 0.3) is 0 Å². The van der Waals surface area contributed by atoms with E-state index in [1.54, 1.807) is 6.26 Å². The number of aliphatic carboxylic acids is 1. The van der Waals surface area contributed by atoms with E-state index < -0.39 is 78.4 Å². The number of carbonyl (C=O) groups excluding carboxylic acids is 5. The second-order valence-corrected chi connectivity index (χ2v) is 12.9. The molecule has 0 heterocycles. The minimum absolute atomic E-state index is 0.0566. The fourth-order valence-electron chi connectivity index (χ4n) is 4.43. The molecule has 0 aliphatic carbocycles. The Labute approximate surface area is 312 Å². The van der Waals surface area contributed by atoms with Crippen LogP contribution in [0.5, 0.6) is 0 Å². The van der Waals surface area contributed by atoms with Crippen LogP contribution in [-0.4, -0.2) is 138 Å². The van der Waals surface area contributed by atoms with Crippen molar-refractivity contribution in [3.8, 4) is 0 Å². The number of aliphatic hydroxyl groups is 1. The highest BCUT2D eigenvalue weighted by atomic mass is 32.2. The van der Waals surface area contributed by atoms with Gasteiger partial charge in [-0.2, -0.15) is 24.4 Å². The number of rotatable bonds is 28. The van der Waals surface area contributed by atoms with Crippen LogP contribution in [0.2, 0.25) is 0 Å². The lowest BCUT2D eigenvalue weighted by molar-refractivity contribution is -0.142. The molecule has 0 bridgehead atoms. The number of hydrogen-bond donors (Lipinski definition) is 14. The molecule has 0 aliphatic heterocycles. The Kier molecular flexibility index (Phi) is 25.4. The van der Waals surface area contributed by atoms with Gasteiger partial charge >= 0.3 is 5.97 Å². The van der Waals surface area contributed by atoms with E-state index in [1.165, 1.54) is 11.8 Å². The van der Waals surface area contributed by atoms with Crippen LogP contribution in [0.1, 0.15) is 51.4 Å². The Morgan fingerprint density at radius 2 is 1.10 bits per heavy atom. The standard InChI is InChI=1S/C29H57N13O8S2/c1-52-13-9-19(27(49)50)40-26(48)21(15-51)42-25(47)20(14-43)41-24(46)17(7-2-3-10-30)39-23(45)18(8-5-12-37-29(34)35)38-22(44)16(31)6-4-11-36-28(32)33/h16-21,43,51H,2-15,30-31H2,1H3,(H,38,44)(H,39,45)(H,40,48)(H,41,46)(H,42,47)(H,49,50)(H4,32,33,36)(H4,34,35,37)/t16-,17-,18-,19-,20-,21-/m0/s1. The Balaban J connectivity index is 5.87. The SMILES string of the molecule is CSCC[C@H](NC(=O)[C@H](CS)NC(=O)[C@H](CO)NC(=O)[C@H](CCCCN)NC(=O)[C@H](CCCN=C(N)N)NC(=O)[C@@H](N)CCCN=C(N)N)C(=O)O. The monoisotopic (exact) mass is 779 g/mol. The third-order valence-electron chi connectivity index (χ3n) is 7.32. The van der Waals surface area contributed by atoms with Gasteiger partial charge in [-0.3, -0.25) is 34.0 Å². The molecule has 0 fully saturated rings. The average Bonchev–Trinajstić information content (AvgIpc) is 3.09. The highest BCUT2D eigenvalue weighted by Crippen LogP contribution is 2.07. The topological polar surface area (TPSA) is 384 Å². The zero-order chi connectivity index (χ0) is 39.6. The van der Waals surface area contributed by atoms with Crippen molar-refractivity contribution in [2.75, 3.05) is 44.0 Å². The van der Waals surface area contributed by atoms with Gasteiger partial charge in [0.2, 0.25) is 29.5 Å². The van der Waals surface area contributed by atoms with Gasteiger partial charge in [0.1, 0.15) is 30.2 Å². The van der Waals surface area contributed by atoms with Crippen LogP contribution in [0.25, 0.3) is 0 Å². The van der Waals surface area contributed by atoms with Gasteiger partial charge in [-0.25, -0.2) is 4.79 Å². The zero-order valence-corrected chi connectivity index (χ0v) is 31.1.